The van der Waals surface area contributed by atoms with Crippen LogP contribution < -0.4 is 14.4 Å². The molecule has 1 N–H and O–H groups in total. The highest BCUT2D eigenvalue weighted by molar-refractivity contribution is 9.10. The fourth-order valence-corrected chi connectivity index (χ4v) is 6.99. The summed E-state index contributed by atoms with van der Waals surface area (Å²) in [5.74, 6) is -0.223. The second-order valence-corrected chi connectivity index (χ2v) is 14.0. The molecule has 0 aliphatic heterocycles. The molecule has 4 aromatic rings. The maximum atomic E-state index is 14.6. The Hall–Kier alpha value is -4.15. The Morgan fingerprint density at radius 1 is 0.872 bits per heavy atom. The summed E-state index contributed by atoms with van der Waals surface area (Å²) in [4.78, 5) is 30.0. The van der Waals surface area contributed by atoms with Gasteiger partial charge in [-0.15, -0.1) is 0 Å². The number of nitrogens with zero attached hydrogens (tertiary/aromatic N) is 2. The van der Waals surface area contributed by atoms with Crippen molar-refractivity contribution in [1.82, 2.24) is 10.2 Å². The van der Waals surface area contributed by atoms with E-state index < -0.39 is 28.5 Å². The van der Waals surface area contributed by atoms with Gasteiger partial charge in [-0.2, -0.15) is 0 Å². The monoisotopic (exact) mass is 719 g/mol. The number of halogens is 1. The zero-order valence-corrected chi connectivity index (χ0v) is 29.5. The number of ether oxygens (including phenoxy) is 1. The Morgan fingerprint density at radius 3 is 2.19 bits per heavy atom. The van der Waals surface area contributed by atoms with Gasteiger partial charge in [-0.05, 0) is 79.9 Å². The van der Waals surface area contributed by atoms with E-state index in [4.69, 9.17) is 4.74 Å². The second-order valence-electron chi connectivity index (χ2n) is 11.3. The third kappa shape index (κ3) is 9.92. The summed E-state index contributed by atoms with van der Waals surface area (Å²) in [5, 5.41) is 3.01. The highest BCUT2D eigenvalue weighted by Crippen LogP contribution is 2.27. The zero-order chi connectivity index (χ0) is 33.8. The lowest BCUT2D eigenvalue weighted by molar-refractivity contribution is -0.140. The smallest absolute Gasteiger partial charge is 0.264 e. The van der Waals surface area contributed by atoms with Crippen LogP contribution in [0.4, 0.5) is 5.69 Å². The van der Waals surface area contributed by atoms with Crippen LogP contribution in [0.5, 0.6) is 5.75 Å². The highest BCUT2D eigenvalue weighted by atomic mass is 79.9. The molecule has 1 atom stereocenters. The molecule has 47 heavy (non-hydrogen) atoms. The van der Waals surface area contributed by atoms with E-state index >= 15 is 0 Å². The largest absolute Gasteiger partial charge is 0.494 e. The van der Waals surface area contributed by atoms with Gasteiger partial charge in [0, 0.05) is 24.0 Å². The molecule has 1 unspecified atom stereocenters. The number of unbranched alkanes of at least 4 members (excludes halogenated alkanes) is 1. The molecule has 2 amide bonds. The first-order valence-electron chi connectivity index (χ1n) is 15.8. The molecule has 0 aliphatic rings. The minimum atomic E-state index is -4.19. The van der Waals surface area contributed by atoms with Crippen LogP contribution in [0.25, 0.3) is 0 Å². The predicted molar refractivity (Wildman–Crippen MR) is 190 cm³/mol. The van der Waals surface area contributed by atoms with Crippen LogP contribution in [0.1, 0.15) is 43.4 Å². The molecule has 0 aromatic heterocycles. The maximum Gasteiger partial charge on any atom is 0.264 e. The number of amides is 2. The number of sulfonamides is 1. The molecular weight excluding hydrogens is 678 g/mol. The molecule has 248 valence electrons. The summed E-state index contributed by atoms with van der Waals surface area (Å²) in [6.45, 7) is 6.29. The van der Waals surface area contributed by atoms with Crippen molar-refractivity contribution < 1.29 is 22.7 Å². The Kier molecular flexibility index (Phi) is 13.0. The lowest BCUT2D eigenvalue weighted by atomic mass is 10.0. The van der Waals surface area contributed by atoms with Gasteiger partial charge in [-0.1, -0.05) is 89.4 Å². The summed E-state index contributed by atoms with van der Waals surface area (Å²) in [7, 11) is -4.19. The first-order valence-corrected chi connectivity index (χ1v) is 18.0. The number of anilines is 1. The van der Waals surface area contributed by atoms with Crippen LogP contribution in [0.3, 0.4) is 0 Å². The number of aryl methyl sites for hydroxylation is 1. The minimum absolute atomic E-state index is 0.0569. The van der Waals surface area contributed by atoms with Crippen molar-refractivity contribution in [1.29, 1.82) is 0 Å². The molecule has 4 aromatic carbocycles. The van der Waals surface area contributed by atoms with Crippen LogP contribution in [-0.2, 0) is 32.6 Å². The number of benzene rings is 4. The molecule has 0 fully saturated rings. The lowest BCUT2D eigenvalue weighted by Crippen LogP contribution is -2.53. The Balaban J connectivity index is 1.79. The van der Waals surface area contributed by atoms with Crippen LogP contribution >= 0.6 is 15.9 Å². The predicted octanol–water partition coefficient (Wildman–Crippen LogP) is 6.91. The Bertz CT molecular complexity index is 1720. The van der Waals surface area contributed by atoms with Crippen LogP contribution in [0, 0.1) is 6.92 Å². The van der Waals surface area contributed by atoms with Crippen LogP contribution in [0.15, 0.2) is 112 Å². The first kappa shape index (κ1) is 35.7. The summed E-state index contributed by atoms with van der Waals surface area (Å²) >= 11 is 3.52. The van der Waals surface area contributed by atoms with E-state index in [1.165, 1.54) is 17.0 Å². The topological polar surface area (TPSA) is 96.0 Å². The molecule has 0 saturated heterocycles. The molecule has 4 rings (SSSR count). The minimum Gasteiger partial charge on any atom is -0.494 e. The summed E-state index contributed by atoms with van der Waals surface area (Å²) < 4.78 is 36.0. The van der Waals surface area contributed by atoms with Gasteiger partial charge in [0.25, 0.3) is 10.0 Å². The normalized spacial score (nSPS) is 11.8. The third-order valence-electron chi connectivity index (χ3n) is 7.67. The summed E-state index contributed by atoms with van der Waals surface area (Å²) in [6.07, 6.45) is 1.95. The quantitative estimate of drug-likeness (QED) is 0.127. The van der Waals surface area contributed by atoms with Crippen molar-refractivity contribution in [2.24, 2.45) is 0 Å². The van der Waals surface area contributed by atoms with Crippen molar-refractivity contribution in [3.63, 3.8) is 0 Å². The van der Waals surface area contributed by atoms with Gasteiger partial charge in [-0.3, -0.25) is 13.9 Å². The molecule has 0 spiro atoms. The number of hydrogen-bond donors (Lipinski definition) is 1. The highest BCUT2D eigenvalue weighted by Gasteiger charge is 2.34. The molecule has 0 aliphatic carbocycles. The fourth-order valence-electron chi connectivity index (χ4n) is 5.13. The molecule has 8 nitrogen and oxygen atoms in total. The van der Waals surface area contributed by atoms with Crippen molar-refractivity contribution in [3.05, 3.63) is 124 Å². The molecular formula is C37H42BrN3O5S. The van der Waals surface area contributed by atoms with E-state index in [-0.39, 0.29) is 23.8 Å². The molecule has 0 saturated carbocycles. The number of carbonyl (C=O) groups excluding carboxylic acids is 2. The van der Waals surface area contributed by atoms with Crippen LogP contribution in [0.2, 0.25) is 0 Å². The number of rotatable bonds is 16. The van der Waals surface area contributed by atoms with Crippen molar-refractivity contribution in [2.75, 3.05) is 24.0 Å². The van der Waals surface area contributed by atoms with E-state index in [9.17, 15) is 18.0 Å². The van der Waals surface area contributed by atoms with Gasteiger partial charge in [-0.25, -0.2) is 8.42 Å². The third-order valence-corrected chi connectivity index (χ3v) is 9.95. The van der Waals surface area contributed by atoms with E-state index in [1.54, 1.807) is 36.4 Å². The molecule has 0 bridgehead atoms. The summed E-state index contributed by atoms with van der Waals surface area (Å²) in [5.41, 5.74) is 2.88. The second kappa shape index (κ2) is 17.1. The fraction of sp³-hybridized carbons (Fsp3) is 0.297. The van der Waals surface area contributed by atoms with E-state index in [1.807, 2.05) is 75.4 Å². The van der Waals surface area contributed by atoms with Gasteiger partial charge in [0.1, 0.15) is 18.3 Å². The molecule has 10 heteroatoms. The number of hydrogen-bond acceptors (Lipinski definition) is 5. The van der Waals surface area contributed by atoms with E-state index in [0.29, 0.717) is 24.6 Å². The van der Waals surface area contributed by atoms with Crippen molar-refractivity contribution in [3.8, 4) is 5.75 Å². The molecule has 0 heterocycles. The van der Waals surface area contributed by atoms with Gasteiger partial charge in [0.15, 0.2) is 0 Å². The average molecular weight is 721 g/mol. The van der Waals surface area contributed by atoms with Crippen molar-refractivity contribution in [2.45, 2.75) is 57.5 Å². The standard InChI is InChI=1S/C37H42BrN3O5S/c1-4-6-23-39-37(43)35(25-29-11-8-7-9-12-29)40(26-30-13-10-14-31(38)24-30)36(42)27-41(32-17-19-33(20-18-32)46-5-2)47(44,45)34-21-15-28(3)16-22-34/h7-22,24,35H,4-6,23,25-27H2,1-3H3,(H,39,43). The van der Waals surface area contributed by atoms with Gasteiger partial charge in [0.2, 0.25) is 11.8 Å². The van der Waals surface area contributed by atoms with E-state index in [2.05, 4.69) is 21.2 Å². The van der Waals surface area contributed by atoms with Crippen LogP contribution in [-0.4, -0.2) is 50.9 Å². The van der Waals surface area contributed by atoms with Gasteiger partial charge >= 0.3 is 0 Å². The SMILES string of the molecule is CCCCNC(=O)C(Cc1ccccc1)N(Cc1cccc(Br)c1)C(=O)CN(c1ccc(OCC)cc1)S(=O)(=O)c1ccc(C)cc1. The van der Waals surface area contributed by atoms with Crippen molar-refractivity contribution >= 4 is 43.5 Å². The van der Waals surface area contributed by atoms with Gasteiger partial charge < -0.3 is 15.0 Å². The Labute approximate surface area is 286 Å². The zero-order valence-electron chi connectivity index (χ0n) is 27.1. The number of nitrogens with one attached hydrogen (secondary N) is 1. The first-order chi connectivity index (χ1) is 22.6. The molecule has 0 radical (unpaired) electrons. The van der Waals surface area contributed by atoms with Gasteiger partial charge in [0.05, 0.1) is 17.2 Å². The van der Waals surface area contributed by atoms with E-state index in [0.717, 1.165) is 38.3 Å². The number of carbonyl (C=O) groups is 2. The summed E-state index contributed by atoms with van der Waals surface area (Å²) in [6, 6.07) is 29.3. The Morgan fingerprint density at radius 2 is 1.55 bits per heavy atom. The average Bonchev–Trinajstić information content (AvgIpc) is 3.06. The maximum absolute atomic E-state index is 14.6. The lowest BCUT2D eigenvalue weighted by Gasteiger charge is -2.34.